The Hall–Kier alpha value is -6.81. The summed E-state index contributed by atoms with van der Waals surface area (Å²) in [5, 5.41) is 13.7. The molecular weight excluding hydrogens is 757 g/mol. The molecule has 0 aromatic heterocycles. The topological polar surface area (TPSA) is 125 Å². The van der Waals surface area contributed by atoms with Crippen LogP contribution in [0.2, 0.25) is 0 Å². The third kappa shape index (κ3) is 10.4. The molecule has 0 aliphatic heterocycles. The molecule has 5 rings (SSSR count). The van der Waals surface area contributed by atoms with Crippen molar-refractivity contribution in [3.63, 3.8) is 0 Å². The van der Waals surface area contributed by atoms with Crippen molar-refractivity contribution in [2.45, 2.75) is 79.3 Å². The summed E-state index contributed by atoms with van der Waals surface area (Å²) < 4.78 is 18.5. The zero-order valence-corrected chi connectivity index (χ0v) is 35.2. The normalized spacial score (nSPS) is 14.2. The van der Waals surface area contributed by atoms with Crippen LogP contribution in [-0.2, 0) is 23.9 Å². The van der Waals surface area contributed by atoms with Gasteiger partial charge in [0, 0.05) is 69.9 Å². The average molecular weight is 809 g/mol. The summed E-state index contributed by atoms with van der Waals surface area (Å²) in [4.78, 5) is 52.0. The summed E-state index contributed by atoms with van der Waals surface area (Å²) in [6.07, 6.45) is 11.7. The minimum Gasteiger partial charge on any atom is -0.871 e. The highest BCUT2D eigenvalue weighted by Gasteiger charge is 2.32. The van der Waals surface area contributed by atoms with Crippen LogP contribution in [0.4, 0.5) is 17.1 Å². The van der Waals surface area contributed by atoms with E-state index in [1.807, 2.05) is 36.1 Å². The molecule has 60 heavy (non-hydrogen) atoms. The van der Waals surface area contributed by atoms with E-state index in [1.54, 1.807) is 93.6 Å². The van der Waals surface area contributed by atoms with E-state index in [4.69, 9.17) is 14.2 Å². The van der Waals surface area contributed by atoms with Crippen LogP contribution in [0, 0.1) is 0 Å². The highest BCUT2D eigenvalue weighted by Crippen LogP contribution is 2.39. The van der Waals surface area contributed by atoms with Gasteiger partial charge in [-0.2, -0.15) is 4.58 Å². The first-order chi connectivity index (χ1) is 28.6. The Balaban J connectivity index is 1.41. The Kier molecular flexibility index (Phi) is 14.6. The zero-order chi connectivity index (χ0) is 43.7. The number of nitrogens with zero attached hydrogens (tertiary/aromatic N) is 2. The number of hydrogen-bond donors (Lipinski definition) is 0. The summed E-state index contributed by atoms with van der Waals surface area (Å²) in [6, 6.07) is 21.0. The molecule has 0 heterocycles. The van der Waals surface area contributed by atoms with Gasteiger partial charge >= 0.3 is 17.9 Å². The van der Waals surface area contributed by atoms with E-state index >= 15 is 0 Å². The summed E-state index contributed by atoms with van der Waals surface area (Å²) in [7, 11) is 0. The summed E-state index contributed by atoms with van der Waals surface area (Å²) >= 11 is 0. The Morgan fingerprint density at radius 2 is 1.20 bits per heavy atom. The number of carbonyl (C=O) groups excluding carboxylic acids is 4. The van der Waals surface area contributed by atoms with E-state index in [0.717, 1.165) is 37.1 Å². The van der Waals surface area contributed by atoms with Gasteiger partial charge in [-0.1, -0.05) is 57.4 Å². The molecule has 2 unspecified atom stereocenters. The number of allylic oxidation sites excluding steroid dienone is 7. The van der Waals surface area contributed by atoms with Gasteiger partial charge in [0.2, 0.25) is 11.4 Å². The fourth-order valence-corrected chi connectivity index (χ4v) is 6.76. The van der Waals surface area contributed by atoms with Gasteiger partial charge in [-0.25, -0.2) is 14.4 Å². The maximum atomic E-state index is 13.7. The van der Waals surface area contributed by atoms with Crippen LogP contribution in [0.25, 0.3) is 5.57 Å². The quantitative estimate of drug-likeness (QED) is 0.0432. The van der Waals surface area contributed by atoms with Gasteiger partial charge in [0.1, 0.15) is 18.1 Å². The van der Waals surface area contributed by atoms with Crippen LogP contribution in [-0.4, -0.2) is 52.7 Å². The Bertz CT molecular complexity index is 2340. The molecule has 2 atom stereocenters. The van der Waals surface area contributed by atoms with Crippen molar-refractivity contribution in [1.82, 2.24) is 0 Å². The van der Waals surface area contributed by atoms with E-state index in [0.29, 0.717) is 39.6 Å². The van der Waals surface area contributed by atoms with Crippen molar-refractivity contribution in [2.75, 3.05) is 11.5 Å². The Labute approximate surface area is 352 Å². The van der Waals surface area contributed by atoms with Crippen molar-refractivity contribution in [1.29, 1.82) is 0 Å². The minimum atomic E-state index is -0.538. The van der Waals surface area contributed by atoms with Gasteiger partial charge in [0.25, 0.3) is 0 Å². The van der Waals surface area contributed by atoms with Gasteiger partial charge < -0.3 is 24.2 Å². The molecule has 0 radical (unpaired) electrons. The van der Waals surface area contributed by atoms with Crippen molar-refractivity contribution in [3.05, 3.63) is 156 Å². The molecular formula is C50H52N2O8. The first kappa shape index (κ1) is 44.3. The molecule has 2 aliphatic carbocycles. The van der Waals surface area contributed by atoms with Crippen molar-refractivity contribution < 1.29 is 43.1 Å². The van der Waals surface area contributed by atoms with E-state index < -0.39 is 17.9 Å². The molecule has 0 amide bonds. The SMILES string of the molecule is C=C(C)C(=O)OCC(C)N(c1ccc(OC(=O)C(=C)C)cc1)c1ccc(C2=C([O-])C(=C3C=CC(=[N+](c4ccc(OC(=O)C(=C)C)cc4)C(C)CCCCC)C=C3)C2=O)cc1. The second-order valence-corrected chi connectivity index (χ2v) is 15.1. The van der Waals surface area contributed by atoms with Crippen molar-refractivity contribution >= 4 is 52.0 Å². The van der Waals surface area contributed by atoms with Gasteiger partial charge in [-0.05, 0) is 113 Å². The number of esters is 3. The number of Topliss-reactive ketones (excluding diaryl/α,β-unsaturated/α-hetero) is 1. The van der Waals surface area contributed by atoms with Crippen molar-refractivity contribution in [3.8, 4) is 11.5 Å². The predicted molar refractivity (Wildman–Crippen MR) is 233 cm³/mol. The highest BCUT2D eigenvalue weighted by atomic mass is 16.5. The lowest BCUT2D eigenvalue weighted by molar-refractivity contribution is -0.480. The smallest absolute Gasteiger partial charge is 0.338 e. The molecule has 0 saturated carbocycles. The first-order valence-corrected chi connectivity index (χ1v) is 20.0. The maximum absolute atomic E-state index is 13.7. The predicted octanol–water partition coefficient (Wildman–Crippen LogP) is 9.13. The summed E-state index contributed by atoms with van der Waals surface area (Å²) in [6.45, 7) is 21.9. The summed E-state index contributed by atoms with van der Waals surface area (Å²) in [5.41, 5.74) is 5.36. The standard InChI is InChI=1S/C50H52N2O8/c1-10-11-12-13-34(8)51(40-22-26-42(27-23-40)59-49(56)32(4)5)38-18-14-36(15-19-38)44-46(53)45(47(44)54)37-16-20-39(21-17-37)52(35(9)30-58-48(55)31(2)3)41-24-28-43(29-25-41)60-50(57)33(6)7/h14-29,34-35H,2,4,6,10-13,30H2,1,3,5,7-9H3. The molecule has 0 fully saturated rings. The first-order valence-electron chi connectivity index (χ1n) is 20.0. The largest absolute Gasteiger partial charge is 0.871 e. The molecule has 0 N–H and O–H groups in total. The van der Waals surface area contributed by atoms with Crippen LogP contribution in [0.5, 0.6) is 11.5 Å². The average Bonchev–Trinajstić information content (AvgIpc) is 3.22. The van der Waals surface area contributed by atoms with Gasteiger partial charge in [0.15, 0.2) is 11.8 Å². The lowest BCUT2D eigenvalue weighted by Gasteiger charge is -2.33. The molecule has 3 aromatic rings. The molecule has 3 aromatic carbocycles. The monoisotopic (exact) mass is 808 g/mol. The fourth-order valence-electron chi connectivity index (χ4n) is 6.76. The number of benzene rings is 3. The second-order valence-electron chi connectivity index (χ2n) is 15.1. The van der Waals surface area contributed by atoms with E-state index in [2.05, 4.69) is 38.2 Å². The highest BCUT2D eigenvalue weighted by molar-refractivity contribution is 6.39. The molecule has 0 saturated heterocycles. The zero-order valence-electron chi connectivity index (χ0n) is 35.2. The number of ether oxygens (including phenoxy) is 3. The number of carbonyl (C=O) groups is 4. The number of hydrogen-bond acceptors (Lipinski definition) is 9. The number of rotatable bonds is 17. The van der Waals surface area contributed by atoms with Crippen molar-refractivity contribution in [2.24, 2.45) is 0 Å². The molecule has 2 aliphatic rings. The van der Waals surface area contributed by atoms with Gasteiger partial charge in [0.05, 0.1) is 6.04 Å². The van der Waals surface area contributed by atoms with Crippen LogP contribution in [0.15, 0.2) is 150 Å². The molecule has 310 valence electrons. The Morgan fingerprint density at radius 1 is 0.700 bits per heavy atom. The van der Waals surface area contributed by atoms with E-state index in [9.17, 15) is 24.3 Å². The van der Waals surface area contributed by atoms with Crippen LogP contribution in [0.1, 0.15) is 72.8 Å². The third-order valence-corrected chi connectivity index (χ3v) is 10.0. The Morgan fingerprint density at radius 3 is 1.68 bits per heavy atom. The maximum Gasteiger partial charge on any atom is 0.338 e. The number of ketones is 1. The van der Waals surface area contributed by atoms with Gasteiger partial charge in [-0.15, -0.1) is 0 Å². The molecule has 0 spiro atoms. The van der Waals surface area contributed by atoms with Crippen LogP contribution >= 0.6 is 0 Å². The number of unbranched alkanes of at least 4 members (excludes halogenated alkanes) is 2. The summed E-state index contributed by atoms with van der Waals surface area (Å²) in [5.74, 6) is -1.44. The van der Waals surface area contributed by atoms with Gasteiger partial charge in [-0.3, -0.25) is 4.79 Å². The lowest BCUT2D eigenvalue weighted by atomic mass is 9.80. The van der Waals surface area contributed by atoms with E-state index in [1.165, 1.54) is 0 Å². The van der Waals surface area contributed by atoms with Crippen LogP contribution < -0.4 is 19.5 Å². The van der Waals surface area contributed by atoms with E-state index in [-0.39, 0.29) is 52.5 Å². The molecule has 10 heteroatoms. The minimum absolute atomic E-state index is 0.0417. The number of anilines is 2. The van der Waals surface area contributed by atoms with Crippen LogP contribution in [0.3, 0.4) is 0 Å². The lowest BCUT2D eigenvalue weighted by Crippen LogP contribution is -2.33. The third-order valence-electron chi connectivity index (χ3n) is 10.0. The molecule has 0 bridgehead atoms. The second kappa shape index (κ2) is 19.8. The fraction of sp³-hybridized carbons (Fsp3) is 0.260. The molecule has 10 nitrogen and oxygen atoms in total.